The van der Waals surface area contributed by atoms with Crippen molar-refractivity contribution in [2.24, 2.45) is 11.5 Å². The molecule has 7 heteroatoms. The van der Waals surface area contributed by atoms with Gasteiger partial charge in [-0.2, -0.15) is 0 Å². The van der Waals surface area contributed by atoms with Gasteiger partial charge < -0.3 is 21.3 Å². The predicted octanol–water partition coefficient (Wildman–Crippen LogP) is 6.38. The first-order chi connectivity index (χ1) is 20.6. The van der Waals surface area contributed by atoms with E-state index in [1.54, 1.807) is 12.1 Å². The van der Waals surface area contributed by atoms with Crippen LogP contribution in [0.25, 0.3) is 0 Å². The number of nitrogens with two attached hydrogens (primary N) is 2. The lowest BCUT2D eigenvalue weighted by Crippen LogP contribution is -2.22. The van der Waals surface area contributed by atoms with Gasteiger partial charge in [-0.3, -0.25) is 14.4 Å². The van der Waals surface area contributed by atoms with Gasteiger partial charge in [-0.05, 0) is 84.7 Å². The molecule has 0 saturated heterocycles. The number of ketones is 1. The highest BCUT2D eigenvalue weighted by atomic mass is 16.1. The number of allylic oxidation sites excluding steroid dienone is 12. The Morgan fingerprint density at radius 3 is 1.34 bits per heavy atom. The van der Waals surface area contributed by atoms with Crippen LogP contribution >= 0.6 is 0 Å². The maximum absolute atomic E-state index is 13.0. The van der Waals surface area contributed by atoms with E-state index in [1.807, 2.05) is 101 Å². The summed E-state index contributed by atoms with van der Waals surface area (Å²) in [5.74, 6) is -0.916. The number of carbonyl (C=O) groups excluding carboxylic acids is 3. The number of carbonyl (C=O) groups is 3. The van der Waals surface area contributed by atoms with E-state index in [9.17, 15) is 14.4 Å². The topological polar surface area (TPSA) is 110 Å². The van der Waals surface area contributed by atoms with Crippen molar-refractivity contribution in [1.29, 1.82) is 0 Å². The molecule has 2 aliphatic heterocycles. The SMILES string of the molecule is CC(=CC=CC=C1N(C)c2ccc(C(N)=O)cc2C1(C)C)C(=O)C(C)=CC=CC=C1N(C)c2ccc(C(N)=O)cc2C1(C)C. The maximum Gasteiger partial charge on any atom is 0.248 e. The molecule has 2 aliphatic rings. The predicted molar refractivity (Wildman–Crippen MR) is 180 cm³/mol. The quantitative estimate of drug-likeness (QED) is 0.274. The van der Waals surface area contributed by atoms with Crippen molar-refractivity contribution < 1.29 is 14.4 Å². The summed E-state index contributed by atoms with van der Waals surface area (Å²) >= 11 is 0. The molecule has 4 N–H and O–H groups in total. The third kappa shape index (κ3) is 5.82. The van der Waals surface area contributed by atoms with Crippen molar-refractivity contribution in [3.8, 4) is 0 Å². The van der Waals surface area contributed by atoms with Gasteiger partial charge in [0.25, 0.3) is 0 Å². The van der Waals surface area contributed by atoms with Crippen LogP contribution in [-0.2, 0) is 15.6 Å². The Labute approximate surface area is 260 Å². The van der Waals surface area contributed by atoms with Crippen molar-refractivity contribution in [3.05, 3.63) is 130 Å². The minimum absolute atomic E-state index is 0.0333. The molecule has 0 aromatic heterocycles. The number of rotatable bonds is 8. The summed E-state index contributed by atoms with van der Waals surface area (Å²) in [6.45, 7) is 12.1. The number of likely N-dealkylation sites (N-methyl/N-ethyl adjacent to an activating group) is 2. The van der Waals surface area contributed by atoms with Gasteiger partial charge >= 0.3 is 0 Å². The van der Waals surface area contributed by atoms with Crippen LogP contribution in [0, 0.1) is 0 Å². The molecular weight excluding hydrogens is 548 g/mol. The van der Waals surface area contributed by atoms with Gasteiger partial charge in [0.1, 0.15) is 0 Å². The Hall–Kier alpha value is -4.91. The highest BCUT2D eigenvalue weighted by Crippen LogP contribution is 2.48. The molecule has 2 heterocycles. The zero-order valence-electron chi connectivity index (χ0n) is 26.9. The van der Waals surface area contributed by atoms with Crippen molar-refractivity contribution in [1.82, 2.24) is 0 Å². The fourth-order valence-corrected chi connectivity index (χ4v) is 6.13. The van der Waals surface area contributed by atoms with Crippen LogP contribution < -0.4 is 21.3 Å². The first-order valence-electron chi connectivity index (χ1n) is 14.6. The molecule has 7 nitrogen and oxygen atoms in total. The fraction of sp³-hybridized carbons (Fsp3) is 0.270. The van der Waals surface area contributed by atoms with Crippen molar-refractivity contribution in [3.63, 3.8) is 0 Å². The molecule has 0 radical (unpaired) electrons. The standard InChI is InChI=1S/C37H42N4O3/c1-23(13-9-11-15-31-36(3,4)27-21-25(34(38)43)17-19-29(27)40(31)7)33(42)24(2)14-10-12-16-32-37(5,6)28-22-26(35(39)44)18-20-30(28)41(32)8/h9-22H,1-8H3,(H2,38,43)(H2,39,44). The summed E-state index contributed by atoms with van der Waals surface area (Å²) in [5.41, 5.74) is 19.0. The van der Waals surface area contributed by atoms with Crippen LogP contribution in [0.15, 0.2) is 108 Å². The van der Waals surface area contributed by atoms with Crippen LogP contribution in [0.2, 0.25) is 0 Å². The number of anilines is 2. The Kier molecular flexibility index (Phi) is 8.73. The number of hydrogen-bond acceptors (Lipinski definition) is 5. The van der Waals surface area contributed by atoms with Crippen LogP contribution in [-0.4, -0.2) is 31.7 Å². The van der Waals surface area contributed by atoms with Gasteiger partial charge in [0.15, 0.2) is 5.78 Å². The van der Waals surface area contributed by atoms with E-state index in [0.29, 0.717) is 22.3 Å². The second-order valence-electron chi connectivity index (χ2n) is 12.5. The number of primary amides is 2. The van der Waals surface area contributed by atoms with E-state index in [1.165, 1.54) is 0 Å². The van der Waals surface area contributed by atoms with E-state index >= 15 is 0 Å². The molecule has 0 atom stereocenters. The minimum atomic E-state index is -0.441. The molecule has 2 amide bonds. The van der Waals surface area contributed by atoms with E-state index < -0.39 is 11.8 Å². The fourth-order valence-electron chi connectivity index (χ4n) is 6.13. The van der Waals surface area contributed by atoms with Crippen LogP contribution in [0.1, 0.15) is 73.4 Å². The van der Waals surface area contributed by atoms with Gasteiger partial charge in [0.05, 0.1) is 0 Å². The van der Waals surface area contributed by atoms with Crippen LogP contribution in [0.4, 0.5) is 11.4 Å². The summed E-state index contributed by atoms with van der Waals surface area (Å²) in [5, 5.41) is 0. The highest BCUT2D eigenvalue weighted by molar-refractivity contribution is 6.07. The molecule has 2 aromatic carbocycles. The van der Waals surface area contributed by atoms with E-state index in [2.05, 4.69) is 37.5 Å². The molecule has 0 bridgehead atoms. The normalized spacial score (nSPS) is 19.4. The van der Waals surface area contributed by atoms with Crippen LogP contribution in [0.5, 0.6) is 0 Å². The van der Waals surface area contributed by atoms with Crippen molar-refractivity contribution >= 4 is 29.0 Å². The Bertz CT molecular complexity index is 1610. The molecule has 0 aliphatic carbocycles. The zero-order chi connectivity index (χ0) is 32.6. The number of Topliss-reactive ketones (excluding diaryl/α,β-unsaturated/α-hetero) is 1. The summed E-state index contributed by atoms with van der Waals surface area (Å²) in [6, 6.07) is 11.1. The number of amides is 2. The number of fused-ring (bicyclic) bond motifs is 2. The van der Waals surface area contributed by atoms with Gasteiger partial charge in [0.2, 0.25) is 11.8 Å². The lowest BCUT2D eigenvalue weighted by molar-refractivity contribution is -0.112. The molecule has 0 fully saturated rings. The summed E-state index contributed by atoms with van der Waals surface area (Å²) < 4.78 is 0. The Morgan fingerprint density at radius 1 is 0.636 bits per heavy atom. The Morgan fingerprint density at radius 2 is 1.00 bits per heavy atom. The molecule has 4 rings (SSSR count). The molecule has 0 unspecified atom stereocenters. The van der Waals surface area contributed by atoms with Gasteiger partial charge in [-0.1, -0.05) is 64.2 Å². The number of nitrogens with zero attached hydrogens (tertiary/aromatic N) is 2. The highest BCUT2D eigenvalue weighted by Gasteiger charge is 2.39. The van der Waals surface area contributed by atoms with Gasteiger partial charge in [0, 0.05) is 58.8 Å². The molecule has 0 spiro atoms. The van der Waals surface area contributed by atoms with E-state index in [-0.39, 0.29) is 16.6 Å². The first kappa shape index (κ1) is 32.0. The molecule has 228 valence electrons. The summed E-state index contributed by atoms with van der Waals surface area (Å²) in [7, 11) is 4.01. The lowest BCUT2D eigenvalue weighted by Gasteiger charge is -2.23. The molecular formula is C37H42N4O3. The smallest absolute Gasteiger partial charge is 0.248 e. The molecule has 2 aromatic rings. The lowest BCUT2D eigenvalue weighted by atomic mass is 9.83. The summed E-state index contributed by atoms with van der Waals surface area (Å²) in [4.78, 5) is 40.6. The zero-order valence-corrected chi connectivity index (χ0v) is 26.9. The molecule has 44 heavy (non-hydrogen) atoms. The van der Waals surface area contributed by atoms with Crippen molar-refractivity contribution in [2.45, 2.75) is 52.4 Å². The summed E-state index contributed by atoms with van der Waals surface area (Å²) in [6.07, 6.45) is 15.3. The van der Waals surface area contributed by atoms with Crippen LogP contribution in [0.3, 0.4) is 0 Å². The average Bonchev–Trinajstić information content (AvgIpc) is 3.29. The number of benzene rings is 2. The average molecular weight is 591 g/mol. The number of hydrogen-bond donors (Lipinski definition) is 2. The first-order valence-corrected chi connectivity index (χ1v) is 14.6. The van der Waals surface area contributed by atoms with Gasteiger partial charge in [-0.15, -0.1) is 0 Å². The van der Waals surface area contributed by atoms with E-state index in [0.717, 1.165) is 33.9 Å². The minimum Gasteiger partial charge on any atom is -0.366 e. The van der Waals surface area contributed by atoms with Gasteiger partial charge in [-0.25, -0.2) is 0 Å². The third-order valence-corrected chi connectivity index (χ3v) is 8.77. The third-order valence-electron chi connectivity index (χ3n) is 8.77. The second kappa shape index (κ2) is 12.0. The van der Waals surface area contributed by atoms with Crippen molar-refractivity contribution in [2.75, 3.05) is 23.9 Å². The second-order valence-corrected chi connectivity index (χ2v) is 12.5. The molecule has 0 saturated carbocycles. The monoisotopic (exact) mass is 590 g/mol. The maximum atomic E-state index is 13.0. The largest absolute Gasteiger partial charge is 0.366 e. The van der Waals surface area contributed by atoms with E-state index in [4.69, 9.17) is 11.5 Å². The Balaban J connectivity index is 1.44.